The molecule has 0 aromatic heterocycles. The molecule has 0 unspecified atom stereocenters. The van der Waals surface area contributed by atoms with Gasteiger partial charge in [0.05, 0.1) is 6.61 Å². The maximum Gasteiger partial charge on any atom is 0.147 e. The van der Waals surface area contributed by atoms with Crippen LogP contribution in [-0.2, 0) is 4.74 Å². The molecule has 0 radical (unpaired) electrons. The molecular formula is C11H17NO2. The molecule has 0 aromatic carbocycles. The van der Waals surface area contributed by atoms with Crippen LogP contribution in [0.1, 0.15) is 20.3 Å². The SMILES string of the molecule is C=C/C(C)=C1/OCCCN(O)/C1=C/C. The fourth-order valence-electron chi connectivity index (χ4n) is 1.39. The molecule has 1 saturated heterocycles. The number of hydrogen-bond acceptors (Lipinski definition) is 3. The third-order valence-corrected chi connectivity index (χ3v) is 2.21. The molecular weight excluding hydrogens is 178 g/mol. The highest BCUT2D eigenvalue weighted by Gasteiger charge is 2.18. The molecule has 3 nitrogen and oxygen atoms in total. The summed E-state index contributed by atoms with van der Waals surface area (Å²) >= 11 is 0. The Balaban J connectivity index is 3.07. The number of ether oxygens (including phenoxy) is 1. The fraction of sp³-hybridized carbons (Fsp3) is 0.455. The van der Waals surface area contributed by atoms with E-state index in [0.717, 1.165) is 23.5 Å². The van der Waals surface area contributed by atoms with Gasteiger partial charge in [-0.2, -0.15) is 0 Å². The van der Waals surface area contributed by atoms with E-state index in [2.05, 4.69) is 6.58 Å². The van der Waals surface area contributed by atoms with Gasteiger partial charge in [-0.15, -0.1) is 0 Å². The van der Waals surface area contributed by atoms with Gasteiger partial charge in [0.1, 0.15) is 11.5 Å². The van der Waals surface area contributed by atoms with E-state index < -0.39 is 0 Å². The van der Waals surface area contributed by atoms with E-state index in [9.17, 15) is 5.21 Å². The van der Waals surface area contributed by atoms with Gasteiger partial charge in [0.25, 0.3) is 0 Å². The third-order valence-electron chi connectivity index (χ3n) is 2.21. The van der Waals surface area contributed by atoms with Crippen LogP contribution in [0.3, 0.4) is 0 Å². The maximum absolute atomic E-state index is 9.68. The molecule has 0 spiro atoms. The third kappa shape index (κ3) is 2.17. The Labute approximate surface area is 84.9 Å². The zero-order valence-corrected chi connectivity index (χ0v) is 8.79. The zero-order valence-electron chi connectivity index (χ0n) is 8.79. The minimum absolute atomic E-state index is 0.605. The van der Waals surface area contributed by atoms with Crippen molar-refractivity contribution in [3.63, 3.8) is 0 Å². The Morgan fingerprint density at radius 1 is 1.64 bits per heavy atom. The monoisotopic (exact) mass is 195 g/mol. The number of allylic oxidation sites excluding steroid dienone is 3. The maximum atomic E-state index is 9.68. The van der Waals surface area contributed by atoms with Crippen LogP contribution in [-0.4, -0.2) is 23.4 Å². The second kappa shape index (κ2) is 4.86. The molecule has 0 aliphatic carbocycles. The van der Waals surface area contributed by atoms with Gasteiger partial charge in [-0.3, -0.25) is 10.3 Å². The lowest BCUT2D eigenvalue weighted by Gasteiger charge is -2.18. The fourth-order valence-corrected chi connectivity index (χ4v) is 1.39. The van der Waals surface area contributed by atoms with Crippen LogP contribution in [0.2, 0.25) is 0 Å². The summed E-state index contributed by atoms with van der Waals surface area (Å²) in [5, 5.41) is 10.9. The summed E-state index contributed by atoms with van der Waals surface area (Å²) < 4.78 is 5.57. The Bertz CT molecular complexity index is 279. The Morgan fingerprint density at radius 2 is 2.36 bits per heavy atom. The summed E-state index contributed by atoms with van der Waals surface area (Å²) in [5.74, 6) is 0.725. The van der Waals surface area contributed by atoms with Crippen molar-refractivity contribution in [2.24, 2.45) is 0 Å². The highest BCUT2D eigenvalue weighted by Crippen LogP contribution is 2.22. The number of nitrogens with zero attached hydrogens (tertiary/aromatic N) is 1. The predicted octanol–water partition coefficient (Wildman–Crippen LogP) is 2.46. The summed E-state index contributed by atoms with van der Waals surface area (Å²) in [5.41, 5.74) is 1.67. The molecule has 0 atom stereocenters. The average molecular weight is 195 g/mol. The molecule has 0 saturated carbocycles. The van der Waals surface area contributed by atoms with Crippen LogP contribution in [0, 0.1) is 0 Å². The standard InChI is InChI=1S/C11H17NO2/c1-4-9(3)11-10(5-2)12(13)7-6-8-14-11/h4-5,13H,1,6-8H2,2-3H3/b10-5+,11-9+. The van der Waals surface area contributed by atoms with Gasteiger partial charge in [0, 0.05) is 13.0 Å². The highest BCUT2D eigenvalue weighted by molar-refractivity contribution is 5.33. The van der Waals surface area contributed by atoms with E-state index >= 15 is 0 Å². The lowest BCUT2D eigenvalue weighted by molar-refractivity contribution is -0.0510. The van der Waals surface area contributed by atoms with Crippen molar-refractivity contribution < 1.29 is 9.94 Å². The summed E-state index contributed by atoms with van der Waals surface area (Å²) in [6.45, 7) is 8.73. The largest absolute Gasteiger partial charge is 0.491 e. The second-order valence-corrected chi connectivity index (χ2v) is 3.22. The zero-order chi connectivity index (χ0) is 10.6. The van der Waals surface area contributed by atoms with Crippen LogP contribution < -0.4 is 0 Å². The Kier molecular flexibility index (Phi) is 3.77. The Hall–Kier alpha value is -1.22. The lowest BCUT2D eigenvalue weighted by Crippen LogP contribution is -2.19. The van der Waals surface area contributed by atoms with Crippen LogP contribution in [0.5, 0.6) is 0 Å². The van der Waals surface area contributed by atoms with Crippen LogP contribution in [0.4, 0.5) is 0 Å². The molecule has 1 rings (SSSR count). The molecule has 1 aliphatic heterocycles. The number of rotatable bonds is 1. The van der Waals surface area contributed by atoms with Crippen molar-refractivity contribution in [1.29, 1.82) is 0 Å². The van der Waals surface area contributed by atoms with Gasteiger partial charge in [0.15, 0.2) is 0 Å². The molecule has 1 aliphatic rings. The Morgan fingerprint density at radius 3 is 2.93 bits per heavy atom. The molecule has 1 heterocycles. The number of hydrogen-bond donors (Lipinski definition) is 1. The molecule has 3 heteroatoms. The first kappa shape index (κ1) is 10.9. The molecule has 0 aromatic rings. The first-order valence-corrected chi connectivity index (χ1v) is 4.80. The smallest absolute Gasteiger partial charge is 0.147 e. The van der Waals surface area contributed by atoms with Gasteiger partial charge in [-0.25, -0.2) is 0 Å². The van der Waals surface area contributed by atoms with Crippen LogP contribution in [0.25, 0.3) is 0 Å². The minimum Gasteiger partial charge on any atom is -0.491 e. The molecule has 1 fully saturated rings. The topological polar surface area (TPSA) is 32.7 Å². The minimum atomic E-state index is 0.605. The van der Waals surface area contributed by atoms with Gasteiger partial charge < -0.3 is 4.74 Å². The normalized spacial score (nSPS) is 24.2. The predicted molar refractivity (Wildman–Crippen MR) is 55.7 cm³/mol. The molecule has 78 valence electrons. The molecule has 14 heavy (non-hydrogen) atoms. The van der Waals surface area contributed by atoms with Gasteiger partial charge >= 0.3 is 0 Å². The van der Waals surface area contributed by atoms with Crippen molar-refractivity contribution in [3.8, 4) is 0 Å². The second-order valence-electron chi connectivity index (χ2n) is 3.22. The van der Waals surface area contributed by atoms with E-state index in [4.69, 9.17) is 4.74 Å². The number of hydroxylamine groups is 2. The molecule has 0 bridgehead atoms. The summed E-state index contributed by atoms with van der Waals surface area (Å²) in [6, 6.07) is 0. The summed E-state index contributed by atoms with van der Waals surface area (Å²) in [6.07, 6.45) is 4.40. The van der Waals surface area contributed by atoms with Crippen LogP contribution in [0.15, 0.2) is 35.8 Å². The van der Waals surface area contributed by atoms with Crippen molar-refractivity contribution in [2.45, 2.75) is 20.3 Å². The highest BCUT2D eigenvalue weighted by atomic mass is 16.5. The van der Waals surface area contributed by atoms with E-state index in [1.54, 1.807) is 6.08 Å². The first-order valence-electron chi connectivity index (χ1n) is 4.80. The van der Waals surface area contributed by atoms with E-state index in [-0.39, 0.29) is 0 Å². The van der Waals surface area contributed by atoms with E-state index in [0.29, 0.717) is 13.2 Å². The van der Waals surface area contributed by atoms with Crippen molar-refractivity contribution >= 4 is 0 Å². The van der Waals surface area contributed by atoms with Crippen molar-refractivity contribution in [1.82, 2.24) is 5.06 Å². The molecule has 1 N–H and O–H groups in total. The lowest BCUT2D eigenvalue weighted by atomic mass is 10.2. The average Bonchev–Trinajstić information content (AvgIpc) is 2.38. The van der Waals surface area contributed by atoms with Crippen molar-refractivity contribution in [3.05, 3.63) is 35.8 Å². The van der Waals surface area contributed by atoms with E-state index in [1.807, 2.05) is 19.9 Å². The van der Waals surface area contributed by atoms with Gasteiger partial charge in [-0.1, -0.05) is 18.7 Å². The summed E-state index contributed by atoms with van der Waals surface area (Å²) in [7, 11) is 0. The van der Waals surface area contributed by atoms with Gasteiger partial charge in [0.2, 0.25) is 0 Å². The van der Waals surface area contributed by atoms with Crippen molar-refractivity contribution in [2.75, 3.05) is 13.2 Å². The quantitative estimate of drug-likeness (QED) is 0.697. The molecule has 0 amide bonds. The first-order chi connectivity index (χ1) is 6.70. The van der Waals surface area contributed by atoms with Crippen LogP contribution >= 0.6 is 0 Å². The van der Waals surface area contributed by atoms with Gasteiger partial charge in [-0.05, 0) is 19.4 Å². The van der Waals surface area contributed by atoms with E-state index in [1.165, 1.54) is 5.06 Å². The summed E-state index contributed by atoms with van der Waals surface area (Å²) in [4.78, 5) is 0.